The number of carbonyl (C=O) groups excluding carboxylic acids is 1. The summed E-state index contributed by atoms with van der Waals surface area (Å²) in [7, 11) is 0. The van der Waals surface area contributed by atoms with E-state index in [0.29, 0.717) is 6.54 Å². The number of Topliss-reactive ketones (excluding diaryl/α,β-unsaturated/α-hetero) is 1. The number of aryl methyl sites for hydroxylation is 1. The van der Waals surface area contributed by atoms with Crippen molar-refractivity contribution in [2.75, 3.05) is 6.54 Å². The van der Waals surface area contributed by atoms with E-state index in [1.165, 1.54) is 5.56 Å². The molecule has 1 aromatic rings. The average Bonchev–Trinajstić information content (AvgIpc) is 2.36. The van der Waals surface area contributed by atoms with Crippen molar-refractivity contribution in [1.29, 1.82) is 0 Å². The van der Waals surface area contributed by atoms with Gasteiger partial charge in [-0.2, -0.15) is 0 Å². The first-order chi connectivity index (χ1) is 7.74. The molecule has 16 heavy (non-hydrogen) atoms. The third-order valence-electron chi connectivity index (χ3n) is 3.38. The van der Waals surface area contributed by atoms with Crippen LogP contribution >= 0.6 is 0 Å². The third-order valence-corrected chi connectivity index (χ3v) is 3.38. The minimum atomic E-state index is -0.0574. The molecule has 0 saturated carbocycles. The standard InChI is InChI=1S/C13H18N2O/c1-9(8-14)13(16)11-6-2-4-10-5-3-7-15-12(10)11/h3,5,7,9,11H,2,4,6,8,14H2,1H3. The summed E-state index contributed by atoms with van der Waals surface area (Å²) >= 11 is 0. The maximum atomic E-state index is 12.2. The van der Waals surface area contributed by atoms with Gasteiger partial charge < -0.3 is 5.73 Å². The smallest absolute Gasteiger partial charge is 0.145 e. The zero-order valence-electron chi connectivity index (χ0n) is 9.65. The van der Waals surface area contributed by atoms with Gasteiger partial charge in [-0.3, -0.25) is 9.78 Å². The number of ketones is 1. The molecule has 0 aromatic carbocycles. The highest BCUT2D eigenvalue weighted by molar-refractivity contribution is 5.87. The van der Waals surface area contributed by atoms with Crippen molar-refractivity contribution in [1.82, 2.24) is 4.98 Å². The van der Waals surface area contributed by atoms with Crippen LogP contribution in [0.2, 0.25) is 0 Å². The number of nitrogens with zero attached hydrogens (tertiary/aromatic N) is 1. The lowest BCUT2D eigenvalue weighted by Crippen LogP contribution is -2.29. The summed E-state index contributed by atoms with van der Waals surface area (Å²) in [5, 5.41) is 0. The van der Waals surface area contributed by atoms with Crippen LogP contribution in [0.15, 0.2) is 18.3 Å². The molecule has 0 saturated heterocycles. The molecule has 0 aliphatic heterocycles. The SMILES string of the molecule is CC(CN)C(=O)C1CCCc2cccnc21. The van der Waals surface area contributed by atoms with Crippen molar-refractivity contribution >= 4 is 5.78 Å². The van der Waals surface area contributed by atoms with E-state index < -0.39 is 0 Å². The van der Waals surface area contributed by atoms with E-state index in [9.17, 15) is 4.79 Å². The van der Waals surface area contributed by atoms with E-state index in [2.05, 4.69) is 11.1 Å². The number of fused-ring (bicyclic) bond motifs is 1. The van der Waals surface area contributed by atoms with Crippen LogP contribution in [0.5, 0.6) is 0 Å². The molecule has 0 spiro atoms. The predicted octanol–water partition coefficient (Wildman–Crippen LogP) is 1.67. The fraction of sp³-hybridized carbons (Fsp3) is 0.538. The monoisotopic (exact) mass is 218 g/mol. The first-order valence-electron chi connectivity index (χ1n) is 5.91. The lowest BCUT2D eigenvalue weighted by Gasteiger charge is -2.25. The Balaban J connectivity index is 2.28. The van der Waals surface area contributed by atoms with Gasteiger partial charge in [0.15, 0.2) is 0 Å². The Kier molecular flexibility index (Phi) is 3.34. The molecular formula is C13H18N2O. The molecule has 1 aliphatic carbocycles. The summed E-state index contributed by atoms with van der Waals surface area (Å²) in [6.45, 7) is 2.33. The van der Waals surface area contributed by atoms with Crippen LogP contribution in [0, 0.1) is 5.92 Å². The minimum Gasteiger partial charge on any atom is -0.330 e. The Bertz CT molecular complexity index is 389. The molecule has 0 bridgehead atoms. The largest absolute Gasteiger partial charge is 0.330 e. The normalized spacial score (nSPS) is 21.2. The number of hydrogen-bond acceptors (Lipinski definition) is 3. The molecule has 2 N–H and O–H groups in total. The fourth-order valence-corrected chi connectivity index (χ4v) is 2.35. The number of hydrogen-bond donors (Lipinski definition) is 1. The van der Waals surface area contributed by atoms with Crippen molar-refractivity contribution in [3.05, 3.63) is 29.6 Å². The Morgan fingerprint density at radius 3 is 3.25 bits per heavy atom. The number of carbonyl (C=O) groups is 1. The van der Waals surface area contributed by atoms with Crippen LogP contribution in [0.25, 0.3) is 0 Å². The molecule has 86 valence electrons. The zero-order chi connectivity index (χ0) is 11.5. The Morgan fingerprint density at radius 2 is 2.50 bits per heavy atom. The Hall–Kier alpha value is -1.22. The quantitative estimate of drug-likeness (QED) is 0.839. The molecule has 3 heteroatoms. The van der Waals surface area contributed by atoms with Gasteiger partial charge in [-0.25, -0.2) is 0 Å². The molecule has 2 rings (SSSR count). The summed E-state index contributed by atoms with van der Waals surface area (Å²) in [4.78, 5) is 16.5. The molecule has 0 fully saturated rings. The van der Waals surface area contributed by atoms with Gasteiger partial charge in [-0.05, 0) is 30.9 Å². The lowest BCUT2D eigenvalue weighted by atomic mass is 9.80. The van der Waals surface area contributed by atoms with Crippen molar-refractivity contribution < 1.29 is 4.79 Å². The fourth-order valence-electron chi connectivity index (χ4n) is 2.35. The Morgan fingerprint density at radius 1 is 1.69 bits per heavy atom. The van der Waals surface area contributed by atoms with E-state index in [4.69, 9.17) is 5.73 Å². The van der Waals surface area contributed by atoms with Crippen LogP contribution in [0.4, 0.5) is 0 Å². The lowest BCUT2D eigenvalue weighted by molar-refractivity contribution is -0.124. The van der Waals surface area contributed by atoms with Crippen LogP contribution in [0.3, 0.4) is 0 Å². The number of aromatic nitrogens is 1. The second-order valence-electron chi connectivity index (χ2n) is 4.53. The number of pyridine rings is 1. The van der Waals surface area contributed by atoms with Crippen LogP contribution in [-0.2, 0) is 11.2 Å². The summed E-state index contributed by atoms with van der Waals surface area (Å²) in [5.74, 6) is 0.170. The van der Waals surface area contributed by atoms with E-state index in [1.807, 2.05) is 13.0 Å². The maximum Gasteiger partial charge on any atom is 0.145 e. The molecule has 1 heterocycles. The van der Waals surface area contributed by atoms with Crippen molar-refractivity contribution in [2.45, 2.75) is 32.1 Å². The predicted molar refractivity (Wildman–Crippen MR) is 63.1 cm³/mol. The molecule has 1 aliphatic rings. The second-order valence-corrected chi connectivity index (χ2v) is 4.53. The highest BCUT2D eigenvalue weighted by atomic mass is 16.1. The first-order valence-corrected chi connectivity index (χ1v) is 5.91. The van der Waals surface area contributed by atoms with Gasteiger partial charge in [0.25, 0.3) is 0 Å². The Labute approximate surface area is 96.1 Å². The van der Waals surface area contributed by atoms with Gasteiger partial charge in [0.2, 0.25) is 0 Å². The highest BCUT2D eigenvalue weighted by Crippen LogP contribution is 2.32. The molecule has 2 atom stereocenters. The van der Waals surface area contributed by atoms with Crippen LogP contribution in [-0.4, -0.2) is 17.3 Å². The second kappa shape index (κ2) is 4.74. The highest BCUT2D eigenvalue weighted by Gasteiger charge is 2.29. The number of nitrogens with two attached hydrogens (primary N) is 1. The molecular weight excluding hydrogens is 200 g/mol. The van der Waals surface area contributed by atoms with Gasteiger partial charge in [0.05, 0.1) is 11.6 Å². The molecule has 0 amide bonds. The molecule has 0 radical (unpaired) electrons. The van der Waals surface area contributed by atoms with Crippen LogP contribution < -0.4 is 5.73 Å². The summed E-state index contributed by atoms with van der Waals surface area (Å²) < 4.78 is 0. The third kappa shape index (κ3) is 2.00. The van der Waals surface area contributed by atoms with Crippen LogP contribution in [0.1, 0.15) is 36.9 Å². The average molecular weight is 218 g/mol. The summed E-state index contributed by atoms with van der Waals surface area (Å²) in [6.07, 6.45) is 4.82. The number of rotatable bonds is 3. The summed E-state index contributed by atoms with van der Waals surface area (Å²) in [5.41, 5.74) is 7.78. The van der Waals surface area contributed by atoms with E-state index in [-0.39, 0.29) is 17.6 Å². The minimum absolute atomic E-state index is 0.0245. The van der Waals surface area contributed by atoms with E-state index in [0.717, 1.165) is 25.0 Å². The van der Waals surface area contributed by atoms with Gasteiger partial charge in [0, 0.05) is 18.7 Å². The van der Waals surface area contributed by atoms with E-state index >= 15 is 0 Å². The summed E-state index contributed by atoms with van der Waals surface area (Å²) in [6, 6.07) is 4.02. The van der Waals surface area contributed by atoms with Crippen molar-refractivity contribution in [3.8, 4) is 0 Å². The van der Waals surface area contributed by atoms with Gasteiger partial charge in [-0.1, -0.05) is 13.0 Å². The van der Waals surface area contributed by atoms with Gasteiger partial charge >= 0.3 is 0 Å². The van der Waals surface area contributed by atoms with Crippen molar-refractivity contribution in [3.63, 3.8) is 0 Å². The molecule has 2 unspecified atom stereocenters. The zero-order valence-corrected chi connectivity index (χ0v) is 9.65. The first kappa shape index (κ1) is 11.3. The molecule has 3 nitrogen and oxygen atoms in total. The maximum absolute atomic E-state index is 12.2. The van der Waals surface area contributed by atoms with Gasteiger partial charge in [0.1, 0.15) is 5.78 Å². The molecule has 1 aromatic heterocycles. The van der Waals surface area contributed by atoms with Gasteiger partial charge in [-0.15, -0.1) is 0 Å². The van der Waals surface area contributed by atoms with E-state index in [1.54, 1.807) is 6.20 Å². The topological polar surface area (TPSA) is 56.0 Å². The van der Waals surface area contributed by atoms with Crippen molar-refractivity contribution in [2.24, 2.45) is 11.7 Å².